The molecule has 0 amide bonds. The Morgan fingerprint density at radius 2 is 0.892 bits per heavy atom. The molecule has 0 aliphatic heterocycles. The van der Waals surface area contributed by atoms with E-state index in [1.54, 1.807) is 0 Å². The quantitative estimate of drug-likeness (QED) is 0.160. The first-order chi connectivity index (χ1) is 32.2. The number of benzene rings is 11. The molecule has 0 aliphatic carbocycles. The Morgan fingerprint density at radius 1 is 0.338 bits per heavy atom. The van der Waals surface area contributed by atoms with Crippen LogP contribution in [0.25, 0.3) is 104 Å². The molecule has 0 saturated carbocycles. The van der Waals surface area contributed by atoms with E-state index in [9.17, 15) is 0 Å². The van der Waals surface area contributed by atoms with E-state index in [-0.39, 0.29) is 0 Å². The normalized spacial score (nSPS) is 11.7. The van der Waals surface area contributed by atoms with E-state index >= 15 is 0 Å². The molecule has 13 rings (SSSR count). The molecule has 304 valence electrons. The zero-order valence-electron chi connectivity index (χ0n) is 35.4. The van der Waals surface area contributed by atoms with Crippen LogP contribution < -0.4 is 4.90 Å². The highest BCUT2D eigenvalue weighted by molar-refractivity contribution is 6.12. The molecule has 0 aliphatic rings. The number of rotatable bonds is 7. The van der Waals surface area contributed by atoms with E-state index in [4.69, 9.17) is 4.42 Å². The second-order valence-corrected chi connectivity index (χ2v) is 16.8. The number of aromatic nitrogens is 1. The standard InChI is InChI=1S/C62H40N2O/c1-2-15-41(16-3-1)50-23-12-17-43-18-13-24-51(61(43)50)42-33-36-47(37-34-42)63(59-29-14-25-55-54-22-7-11-30-60(54)65-62(55)59)48-38-35-44-39-46(32-31-45(44)40-48)49-19-4-8-26-56(49)64-57-27-9-5-20-52(57)53-21-6-10-28-58(53)64/h1-40H. The monoisotopic (exact) mass is 828 g/mol. The van der Waals surface area contributed by atoms with Crippen molar-refractivity contribution >= 4 is 82.4 Å². The highest BCUT2D eigenvalue weighted by Gasteiger charge is 2.21. The molecule has 0 spiro atoms. The smallest absolute Gasteiger partial charge is 0.159 e. The Hall–Kier alpha value is -8.66. The van der Waals surface area contributed by atoms with Gasteiger partial charge >= 0.3 is 0 Å². The molecule has 0 saturated heterocycles. The lowest BCUT2D eigenvalue weighted by atomic mass is 9.91. The van der Waals surface area contributed by atoms with Crippen molar-refractivity contribution in [3.63, 3.8) is 0 Å². The van der Waals surface area contributed by atoms with Gasteiger partial charge in [0.2, 0.25) is 0 Å². The number of furan rings is 1. The summed E-state index contributed by atoms with van der Waals surface area (Å²) < 4.78 is 9.12. The van der Waals surface area contributed by atoms with E-state index in [0.717, 1.165) is 55.6 Å². The third-order valence-corrected chi connectivity index (χ3v) is 13.2. The predicted octanol–water partition coefficient (Wildman–Crippen LogP) is 17.5. The van der Waals surface area contributed by atoms with Crippen LogP contribution >= 0.6 is 0 Å². The van der Waals surface area contributed by atoms with Crippen molar-refractivity contribution in [1.29, 1.82) is 0 Å². The van der Waals surface area contributed by atoms with E-state index in [0.29, 0.717) is 0 Å². The SMILES string of the molecule is c1ccc(-c2cccc3cccc(-c4ccc(N(c5ccc6cc(-c7ccccc7-n7c8ccccc8c8ccccc87)ccc6c5)c5cccc6c5oc5ccccc56)cc4)c23)cc1. The van der Waals surface area contributed by atoms with Gasteiger partial charge < -0.3 is 13.9 Å². The zero-order valence-corrected chi connectivity index (χ0v) is 35.4. The van der Waals surface area contributed by atoms with Gasteiger partial charge in [0.25, 0.3) is 0 Å². The number of hydrogen-bond acceptors (Lipinski definition) is 2. The predicted molar refractivity (Wildman–Crippen MR) is 274 cm³/mol. The van der Waals surface area contributed by atoms with Crippen LogP contribution in [0.1, 0.15) is 0 Å². The molecule has 65 heavy (non-hydrogen) atoms. The van der Waals surface area contributed by atoms with Gasteiger partial charge in [-0.05, 0) is 110 Å². The van der Waals surface area contributed by atoms with Crippen LogP contribution in [0.15, 0.2) is 247 Å². The van der Waals surface area contributed by atoms with Gasteiger partial charge in [0, 0.05) is 38.5 Å². The summed E-state index contributed by atoms with van der Waals surface area (Å²) in [5, 5.41) is 9.52. The molecule has 0 radical (unpaired) electrons. The minimum atomic E-state index is 0.858. The van der Waals surface area contributed by atoms with E-state index in [1.165, 1.54) is 65.8 Å². The summed E-state index contributed by atoms with van der Waals surface area (Å²) in [6.45, 7) is 0. The second kappa shape index (κ2) is 15.0. The molecule has 0 N–H and O–H groups in total. The molecule has 0 bridgehead atoms. The molecular formula is C62H40N2O. The molecule has 0 fully saturated rings. The minimum absolute atomic E-state index is 0.858. The van der Waals surface area contributed by atoms with Gasteiger partial charge in [0.1, 0.15) is 5.58 Å². The summed E-state index contributed by atoms with van der Waals surface area (Å²) in [5.74, 6) is 0. The lowest BCUT2D eigenvalue weighted by molar-refractivity contribution is 0.669. The van der Waals surface area contributed by atoms with E-state index in [1.807, 2.05) is 6.07 Å². The molecule has 0 unspecified atom stereocenters. The van der Waals surface area contributed by atoms with Crippen LogP contribution in [0.5, 0.6) is 0 Å². The van der Waals surface area contributed by atoms with E-state index < -0.39 is 0 Å². The highest BCUT2D eigenvalue weighted by Crippen LogP contribution is 2.45. The third kappa shape index (κ3) is 6.05. The minimum Gasteiger partial charge on any atom is -0.454 e. The molecule has 3 heteroatoms. The third-order valence-electron chi connectivity index (χ3n) is 13.2. The maximum atomic E-state index is 6.71. The molecule has 13 aromatic rings. The fourth-order valence-corrected chi connectivity index (χ4v) is 10.2. The molecule has 2 aromatic heterocycles. The van der Waals surface area contributed by atoms with Gasteiger partial charge in [-0.3, -0.25) is 0 Å². The number of fused-ring (bicyclic) bond motifs is 8. The molecular weight excluding hydrogens is 789 g/mol. The van der Waals surface area contributed by atoms with Crippen molar-refractivity contribution in [3.05, 3.63) is 243 Å². The van der Waals surface area contributed by atoms with E-state index in [2.05, 4.69) is 246 Å². The van der Waals surface area contributed by atoms with Crippen molar-refractivity contribution in [1.82, 2.24) is 4.57 Å². The highest BCUT2D eigenvalue weighted by atomic mass is 16.3. The van der Waals surface area contributed by atoms with Crippen LogP contribution in [0, 0.1) is 0 Å². The van der Waals surface area contributed by atoms with Gasteiger partial charge in [-0.1, -0.05) is 182 Å². The van der Waals surface area contributed by atoms with Crippen molar-refractivity contribution in [3.8, 4) is 39.1 Å². The van der Waals surface area contributed by atoms with Crippen LogP contribution in [0.3, 0.4) is 0 Å². The second-order valence-electron chi connectivity index (χ2n) is 16.8. The molecule has 2 heterocycles. The first kappa shape index (κ1) is 36.9. The zero-order chi connectivity index (χ0) is 42.8. The maximum absolute atomic E-state index is 6.71. The number of hydrogen-bond donors (Lipinski definition) is 0. The van der Waals surface area contributed by atoms with Crippen molar-refractivity contribution in [2.45, 2.75) is 0 Å². The van der Waals surface area contributed by atoms with Crippen LogP contribution in [0.4, 0.5) is 17.1 Å². The number of anilines is 3. The fourth-order valence-electron chi connectivity index (χ4n) is 10.2. The first-order valence-corrected chi connectivity index (χ1v) is 22.2. The van der Waals surface area contributed by atoms with Crippen molar-refractivity contribution < 1.29 is 4.42 Å². The lowest BCUT2D eigenvalue weighted by Crippen LogP contribution is -2.10. The van der Waals surface area contributed by atoms with Crippen LogP contribution in [-0.4, -0.2) is 4.57 Å². The molecule has 11 aromatic carbocycles. The van der Waals surface area contributed by atoms with Gasteiger partial charge in [0.05, 0.1) is 22.4 Å². The largest absolute Gasteiger partial charge is 0.454 e. The number of nitrogens with zero attached hydrogens (tertiary/aromatic N) is 2. The fraction of sp³-hybridized carbons (Fsp3) is 0. The molecule has 0 atom stereocenters. The molecule has 3 nitrogen and oxygen atoms in total. The van der Waals surface area contributed by atoms with Crippen molar-refractivity contribution in [2.75, 3.05) is 4.90 Å². The van der Waals surface area contributed by atoms with Gasteiger partial charge in [-0.15, -0.1) is 0 Å². The van der Waals surface area contributed by atoms with Gasteiger partial charge in [-0.25, -0.2) is 0 Å². The topological polar surface area (TPSA) is 21.3 Å². The van der Waals surface area contributed by atoms with Crippen molar-refractivity contribution in [2.24, 2.45) is 0 Å². The Kier molecular flexibility index (Phi) is 8.53. The first-order valence-electron chi connectivity index (χ1n) is 22.2. The average Bonchev–Trinajstić information content (AvgIpc) is 3.93. The average molecular weight is 829 g/mol. The van der Waals surface area contributed by atoms with Crippen LogP contribution in [-0.2, 0) is 0 Å². The van der Waals surface area contributed by atoms with Gasteiger partial charge in [0.15, 0.2) is 5.58 Å². The Labute approximate surface area is 376 Å². The lowest BCUT2D eigenvalue weighted by Gasteiger charge is -2.26. The Bertz CT molecular complexity index is 3890. The summed E-state index contributed by atoms with van der Waals surface area (Å²) in [7, 11) is 0. The van der Waals surface area contributed by atoms with Crippen LogP contribution in [0.2, 0.25) is 0 Å². The summed E-state index contributed by atoms with van der Waals surface area (Å²) in [6.07, 6.45) is 0. The maximum Gasteiger partial charge on any atom is 0.159 e. The Balaban J connectivity index is 0.944. The summed E-state index contributed by atoms with van der Waals surface area (Å²) in [4.78, 5) is 2.35. The number of para-hydroxylation sites is 5. The summed E-state index contributed by atoms with van der Waals surface area (Å²) >= 11 is 0. The summed E-state index contributed by atoms with van der Waals surface area (Å²) in [6, 6.07) is 87.6. The summed E-state index contributed by atoms with van der Waals surface area (Å²) in [5.41, 5.74) is 15.6. The Morgan fingerprint density at radius 3 is 1.66 bits per heavy atom. The van der Waals surface area contributed by atoms with Gasteiger partial charge in [-0.2, -0.15) is 0 Å².